The standard InChI is InChI=1S/C10H6F3N3S/c11-6-2-1-5(3-7(6)12)17-9-8(13)4-15-10(14)16-9/h1-4H,(H2,14,15,16). The molecule has 0 unspecified atom stereocenters. The predicted octanol–water partition coefficient (Wildman–Crippen LogP) is 2.63. The highest BCUT2D eigenvalue weighted by molar-refractivity contribution is 7.99. The van der Waals surface area contributed by atoms with Crippen LogP contribution in [0.2, 0.25) is 0 Å². The second-order valence-electron chi connectivity index (χ2n) is 3.06. The normalized spacial score (nSPS) is 10.5. The summed E-state index contributed by atoms with van der Waals surface area (Å²) in [5, 5.41) is -0.0384. The summed E-state index contributed by atoms with van der Waals surface area (Å²) in [7, 11) is 0. The molecule has 1 heterocycles. The van der Waals surface area contributed by atoms with E-state index in [1.54, 1.807) is 0 Å². The molecule has 1 aromatic carbocycles. The molecule has 17 heavy (non-hydrogen) atoms. The van der Waals surface area contributed by atoms with Gasteiger partial charge in [0.05, 0.1) is 6.20 Å². The van der Waals surface area contributed by atoms with Crippen molar-refractivity contribution in [2.75, 3.05) is 5.73 Å². The van der Waals surface area contributed by atoms with E-state index >= 15 is 0 Å². The van der Waals surface area contributed by atoms with Gasteiger partial charge in [0.25, 0.3) is 0 Å². The Morgan fingerprint density at radius 3 is 2.53 bits per heavy atom. The zero-order valence-electron chi connectivity index (χ0n) is 8.32. The summed E-state index contributed by atoms with van der Waals surface area (Å²) in [5.74, 6) is -2.72. The zero-order valence-corrected chi connectivity index (χ0v) is 9.14. The molecule has 0 saturated carbocycles. The van der Waals surface area contributed by atoms with E-state index in [9.17, 15) is 13.2 Å². The van der Waals surface area contributed by atoms with Crippen LogP contribution in [0.25, 0.3) is 0 Å². The third-order valence-corrected chi connectivity index (χ3v) is 2.81. The first kappa shape index (κ1) is 11.7. The number of halogens is 3. The first-order chi connectivity index (χ1) is 8.06. The van der Waals surface area contributed by atoms with Gasteiger partial charge in [0.2, 0.25) is 5.95 Å². The van der Waals surface area contributed by atoms with Crippen LogP contribution < -0.4 is 5.73 Å². The molecule has 0 fully saturated rings. The number of rotatable bonds is 2. The predicted molar refractivity (Wildman–Crippen MR) is 56.9 cm³/mol. The van der Waals surface area contributed by atoms with Crippen LogP contribution in [0.5, 0.6) is 0 Å². The van der Waals surface area contributed by atoms with E-state index < -0.39 is 17.5 Å². The van der Waals surface area contributed by atoms with Crippen molar-refractivity contribution < 1.29 is 13.2 Å². The number of aromatic nitrogens is 2. The lowest BCUT2D eigenvalue weighted by Gasteiger charge is -2.03. The van der Waals surface area contributed by atoms with Gasteiger partial charge in [0, 0.05) is 4.90 Å². The van der Waals surface area contributed by atoms with Gasteiger partial charge in [-0.15, -0.1) is 0 Å². The number of anilines is 1. The zero-order chi connectivity index (χ0) is 12.4. The maximum atomic E-state index is 13.3. The Morgan fingerprint density at radius 1 is 1.06 bits per heavy atom. The summed E-state index contributed by atoms with van der Waals surface area (Å²) in [6.45, 7) is 0. The highest BCUT2D eigenvalue weighted by Gasteiger charge is 2.09. The number of nitrogens with zero attached hydrogens (tertiary/aromatic N) is 2. The highest BCUT2D eigenvalue weighted by atomic mass is 32.2. The SMILES string of the molecule is Nc1ncc(F)c(Sc2ccc(F)c(F)c2)n1. The van der Waals surface area contributed by atoms with Crippen LogP contribution in [0.15, 0.2) is 34.3 Å². The molecule has 88 valence electrons. The lowest BCUT2D eigenvalue weighted by molar-refractivity contribution is 0.506. The van der Waals surface area contributed by atoms with Crippen LogP contribution in [-0.4, -0.2) is 9.97 Å². The third-order valence-electron chi connectivity index (χ3n) is 1.84. The molecule has 0 spiro atoms. The van der Waals surface area contributed by atoms with E-state index in [0.29, 0.717) is 4.90 Å². The van der Waals surface area contributed by atoms with Crippen molar-refractivity contribution in [3.8, 4) is 0 Å². The van der Waals surface area contributed by atoms with E-state index in [4.69, 9.17) is 5.73 Å². The topological polar surface area (TPSA) is 51.8 Å². The molecule has 1 aromatic heterocycles. The molecule has 2 rings (SSSR count). The monoisotopic (exact) mass is 257 g/mol. The van der Waals surface area contributed by atoms with Crippen molar-refractivity contribution in [1.29, 1.82) is 0 Å². The number of hydrogen-bond acceptors (Lipinski definition) is 4. The molecular formula is C10H6F3N3S. The first-order valence-electron chi connectivity index (χ1n) is 4.47. The molecule has 7 heteroatoms. The Balaban J connectivity index is 2.31. The quantitative estimate of drug-likeness (QED) is 0.840. The van der Waals surface area contributed by atoms with Crippen molar-refractivity contribution >= 4 is 17.7 Å². The van der Waals surface area contributed by atoms with Crippen LogP contribution in [0.3, 0.4) is 0 Å². The minimum Gasteiger partial charge on any atom is -0.368 e. The highest BCUT2D eigenvalue weighted by Crippen LogP contribution is 2.29. The van der Waals surface area contributed by atoms with Gasteiger partial charge in [-0.1, -0.05) is 11.8 Å². The minimum absolute atomic E-state index is 0.0384. The Morgan fingerprint density at radius 2 is 1.82 bits per heavy atom. The van der Waals surface area contributed by atoms with Crippen molar-refractivity contribution in [3.63, 3.8) is 0 Å². The van der Waals surface area contributed by atoms with Crippen molar-refractivity contribution in [1.82, 2.24) is 9.97 Å². The summed E-state index contributed by atoms with van der Waals surface area (Å²) < 4.78 is 38.9. The van der Waals surface area contributed by atoms with Crippen LogP contribution in [0, 0.1) is 17.5 Å². The molecule has 0 aliphatic carbocycles. The molecule has 3 nitrogen and oxygen atoms in total. The summed E-state index contributed by atoms with van der Waals surface area (Å²) in [6, 6.07) is 3.23. The first-order valence-corrected chi connectivity index (χ1v) is 5.29. The van der Waals surface area contributed by atoms with E-state index in [0.717, 1.165) is 30.1 Å². The lowest BCUT2D eigenvalue weighted by Crippen LogP contribution is -1.97. The molecule has 2 aromatic rings. The largest absolute Gasteiger partial charge is 0.368 e. The summed E-state index contributed by atoms with van der Waals surface area (Å²) >= 11 is 0.838. The molecule has 0 aliphatic heterocycles. The van der Waals surface area contributed by atoms with Gasteiger partial charge in [-0.2, -0.15) is 0 Å². The van der Waals surface area contributed by atoms with Crippen LogP contribution >= 0.6 is 11.8 Å². The third kappa shape index (κ3) is 2.68. The lowest BCUT2D eigenvalue weighted by atomic mass is 10.3. The molecule has 0 amide bonds. The Kier molecular flexibility index (Phi) is 3.19. The molecule has 0 bridgehead atoms. The smallest absolute Gasteiger partial charge is 0.221 e. The fourth-order valence-corrected chi connectivity index (χ4v) is 1.90. The molecule has 0 atom stereocenters. The summed E-state index contributed by atoms with van der Waals surface area (Å²) in [5.41, 5.74) is 5.30. The minimum atomic E-state index is -1.00. The van der Waals surface area contributed by atoms with Crippen molar-refractivity contribution in [2.45, 2.75) is 9.92 Å². The molecule has 0 aliphatic rings. The molecule has 0 saturated heterocycles. The van der Waals surface area contributed by atoms with Gasteiger partial charge in [0.1, 0.15) is 5.03 Å². The maximum absolute atomic E-state index is 13.3. The second-order valence-corrected chi connectivity index (χ2v) is 4.12. The van der Waals surface area contributed by atoms with Crippen molar-refractivity contribution in [3.05, 3.63) is 41.8 Å². The van der Waals surface area contributed by atoms with Crippen LogP contribution in [0.4, 0.5) is 19.1 Å². The van der Waals surface area contributed by atoms with Gasteiger partial charge in [0.15, 0.2) is 17.5 Å². The van der Waals surface area contributed by atoms with E-state index in [2.05, 4.69) is 9.97 Å². The van der Waals surface area contributed by atoms with Gasteiger partial charge in [-0.05, 0) is 18.2 Å². The number of nitrogen functional groups attached to an aromatic ring is 1. The Bertz CT molecular complexity index is 562. The molecule has 0 radical (unpaired) electrons. The Labute approximate surface area is 98.9 Å². The number of benzene rings is 1. The van der Waals surface area contributed by atoms with Gasteiger partial charge < -0.3 is 5.73 Å². The fourth-order valence-electron chi connectivity index (χ4n) is 1.09. The van der Waals surface area contributed by atoms with Gasteiger partial charge in [-0.25, -0.2) is 23.1 Å². The molecule has 2 N–H and O–H groups in total. The van der Waals surface area contributed by atoms with Gasteiger partial charge >= 0.3 is 0 Å². The second kappa shape index (κ2) is 4.62. The average Bonchev–Trinajstić information content (AvgIpc) is 2.29. The van der Waals surface area contributed by atoms with E-state index in [1.807, 2.05) is 0 Å². The van der Waals surface area contributed by atoms with E-state index in [1.165, 1.54) is 6.07 Å². The van der Waals surface area contributed by atoms with Gasteiger partial charge in [-0.3, -0.25) is 0 Å². The Hall–Kier alpha value is -1.76. The average molecular weight is 257 g/mol. The summed E-state index contributed by atoms with van der Waals surface area (Å²) in [6.07, 6.45) is 0.921. The van der Waals surface area contributed by atoms with Crippen LogP contribution in [-0.2, 0) is 0 Å². The van der Waals surface area contributed by atoms with E-state index in [-0.39, 0.29) is 11.0 Å². The number of hydrogen-bond donors (Lipinski definition) is 1. The number of nitrogens with two attached hydrogens (primary N) is 1. The molecular weight excluding hydrogens is 251 g/mol. The summed E-state index contributed by atoms with van der Waals surface area (Å²) in [4.78, 5) is 7.44. The fraction of sp³-hybridized carbons (Fsp3) is 0. The van der Waals surface area contributed by atoms with Crippen LogP contribution in [0.1, 0.15) is 0 Å². The maximum Gasteiger partial charge on any atom is 0.221 e. The van der Waals surface area contributed by atoms with Crippen molar-refractivity contribution in [2.24, 2.45) is 0 Å².